The van der Waals surface area contributed by atoms with Crippen molar-refractivity contribution < 1.29 is 53.5 Å². The summed E-state index contributed by atoms with van der Waals surface area (Å²) < 4.78 is 21.0. The number of aliphatic carboxylic acids is 3. The Balaban J connectivity index is 0.000000287. The molecule has 1 atom stereocenters. The van der Waals surface area contributed by atoms with Crippen LogP contribution in [0.5, 0.6) is 0 Å². The lowest BCUT2D eigenvalue weighted by Gasteiger charge is -2.18. The molecule has 0 radical (unpaired) electrons. The number of nitrogens with zero attached hydrogens (tertiary/aromatic N) is 2. The Morgan fingerprint density at radius 3 is 2.23 bits per heavy atom. The van der Waals surface area contributed by atoms with Crippen LogP contribution in [0.3, 0.4) is 0 Å². The first-order valence-electron chi connectivity index (χ1n) is 9.94. The number of halogens is 1. The SMILES string of the molecule is O=C(O)CC(O)(CC(=O)O)C(=O)O.O=CNC[C@H]1CN(c2ccc(-n3cccc3)c(F)c2)C(=O)O1. The van der Waals surface area contributed by atoms with Crippen LogP contribution < -0.4 is 10.2 Å². The number of carboxylic acid groups (broad SMARTS) is 3. The second-order valence-electron chi connectivity index (χ2n) is 7.35. The zero-order chi connectivity index (χ0) is 26.2. The zero-order valence-corrected chi connectivity index (χ0v) is 18.0. The number of aromatic nitrogens is 1. The third-order valence-electron chi connectivity index (χ3n) is 4.71. The molecule has 1 aliphatic heterocycles. The summed E-state index contributed by atoms with van der Waals surface area (Å²) in [6.07, 6.45) is 0.744. The number of amides is 2. The summed E-state index contributed by atoms with van der Waals surface area (Å²) >= 11 is 0. The van der Waals surface area contributed by atoms with Crippen LogP contribution >= 0.6 is 0 Å². The van der Waals surface area contributed by atoms with E-state index < -0.39 is 54.4 Å². The second kappa shape index (κ2) is 11.6. The molecule has 2 heterocycles. The number of carboxylic acids is 3. The molecule has 188 valence electrons. The van der Waals surface area contributed by atoms with Crippen LogP contribution in [0.15, 0.2) is 42.7 Å². The summed E-state index contributed by atoms with van der Waals surface area (Å²) in [6.45, 7) is 0.498. The van der Waals surface area contributed by atoms with E-state index in [9.17, 15) is 28.4 Å². The van der Waals surface area contributed by atoms with Crippen LogP contribution in [0.4, 0.5) is 14.9 Å². The number of hydrogen-bond acceptors (Lipinski definition) is 7. The summed E-state index contributed by atoms with van der Waals surface area (Å²) in [4.78, 5) is 53.9. The lowest BCUT2D eigenvalue weighted by Crippen LogP contribution is -2.42. The fourth-order valence-electron chi connectivity index (χ4n) is 3.10. The molecule has 5 N–H and O–H groups in total. The summed E-state index contributed by atoms with van der Waals surface area (Å²) in [7, 11) is 0. The maximum Gasteiger partial charge on any atom is 0.414 e. The van der Waals surface area contributed by atoms with E-state index in [0.29, 0.717) is 17.8 Å². The molecule has 2 amide bonds. The molecule has 0 saturated carbocycles. The lowest BCUT2D eigenvalue weighted by atomic mass is 9.96. The maximum absolute atomic E-state index is 14.2. The molecule has 1 aromatic heterocycles. The quantitative estimate of drug-likeness (QED) is 0.288. The Labute approximate surface area is 196 Å². The van der Waals surface area contributed by atoms with Gasteiger partial charge in [0.05, 0.1) is 37.3 Å². The summed E-state index contributed by atoms with van der Waals surface area (Å²) in [6, 6.07) is 8.17. The number of rotatable bonds is 10. The molecule has 0 bridgehead atoms. The van der Waals surface area contributed by atoms with Crippen molar-refractivity contribution in [3.05, 3.63) is 48.5 Å². The van der Waals surface area contributed by atoms with E-state index in [2.05, 4.69) is 5.32 Å². The van der Waals surface area contributed by atoms with Gasteiger partial charge in [-0.05, 0) is 30.3 Å². The smallest absolute Gasteiger partial charge is 0.414 e. The molecule has 1 saturated heterocycles. The van der Waals surface area contributed by atoms with Crippen molar-refractivity contribution in [3.8, 4) is 5.69 Å². The third-order valence-corrected chi connectivity index (χ3v) is 4.71. The van der Waals surface area contributed by atoms with Crippen LogP contribution in [0.2, 0.25) is 0 Å². The van der Waals surface area contributed by atoms with Crippen molar-refractivity contribution in [1.82, 2.24) is 9.88 Å². The van der Waals surface area contributed by atoms with Gasteiger partial charge < -0.3 is 35.0 Å². The normalized spacial score (nSPS) is 15.0. The lowest BCUT2D eigenvalue weighted by molar-refractivity contribution is -0.170. The van der Waals surface area contributed by atoms with Gasteiger partial charge in [-0.2, -0.15) is 0 Å². The van der Waals surface area contributed by atoms with E-state index in [1.165, 1.54) is 11.0 Å². The van der Waals surface area contributed by atoms with E-state index in [4.69, 9.17) is 25.2 Å². The first kappa shape index (κ1) is 26.8. The summed E-state index contributed by atoms with van der Waals surface area (Å²) in [5.41, 5.74) is -1.91. The Kier molecular flexibility index (Phi) is 8.88. The topological polar surface area (TPSA) is 196 Å². The minimum absolute atomic E-state index is 0.232. The molecule has 2 aromatic rings. The average Bonchev–Trinajstić information content (AvgIpc) is 3.41. The van der Waals surface area contributed by atoms with Gasteiger partial charge in [0.15, 0.2) is 5.60 Å². The van der Waals surface area contributed by atoms with Crippen molar-refractivity contribution in [3.63, 3.8) is 0 Å². The van der Waals surface area contributed by atoms with Crippen molar-refractivity contribution in [2.75, 3.05) is 18.0 Å². The van der Waals surface area contributed by atoms with Crippen molar-refractivity contribution in [2.24, 2.45) is 0 Å². The molecule has 13 nitrogen and oxygen atoms in total. The maximum atomic E-state index is 14.2. The Morgan fingerprint density at radius 1 is 1.14 bits per heavy atom. The van der Waals surface area contributed by atoms with E-state index >= 15 is 0 Å². The van der Waals surface area contributed by atoms with Gasteiger partial charge in [0, 0.05) is 12.4 Å². The first-order chi connectivity index (χ1) is 16.5. The monoisotopic (exact) mass is 495 g/mol. The number of cyclic esters (lactones) is 1. The van der Waals surface area contributed by atoms with Crippen molar-refractivity contribution in [2.45, 2.75) is 24.5 Å². The highest BCUT2D eigenvalue weighted by Gasteiger charge is 2.40. The average molecular weight is 495 g/mol. The minimum atomic E-state index is -2.74. The number of carbonyl (C=O) groups excluding carboxylic acids is 2. The molecular weight excluding hydrogens is 473 g/mol. The highest BCUT2D eigenvalue weighted by Crippen LogP contribution is 2.25. The molecule has 35 heavy (non-hydrogen) atoms. The van der Waals surface area contributed by atoms with Gasteiger partial charge in [0.2, 0.25) is 6.41 Å². The van der Waals surface area contributed by atoms with Gasteiger partial charge in [-0.3, -0.25) is 19.3 Å². The Bertz CT molecular complexity index is 1070. The van der Waals surface area contributed by atoms with E-state index in [1.807, 2.05) is 0 Å². The Hall–Kier alpha value is -4.46. The van der Waals surface area contributed by atoms with Crippen LogP contribution in [-0.2, 0) is 23.9 Å². The molecular formula is C21H22FN3O10. The fourth-order valence-corrected chi connectivity index (χ4v) is 3.10. The molecule has 0 spiro atoms. The van der Waals surface area contributed by atoms with Gasteiger partial charge in [-0.15, -0.1) is 0 Å². The predicted molar refractivity (Wildman–Crippen MR) is 114 cm³/mol. The van der Waals surface area contributed by atoms with E-state index in [-0.39, 0.29) is 13.1 Å². The Morgan fingerprint density at radius 2 is 1.74 bits per heavy atom. The van der Waals surface area contributed by atoms with Crippen LogP contribution in [0, 0.1) is 5.82 Å². The molecule has 0 aliphatic carbocycles. The van der Waals surface area contributed by atoms with Crippen LogP contribution in [-0.4, -0.2) is 80.2 Å². The molecule has 1 fully saturated rings. The van der Waals surface area contributed by atoms with E-state index in [0.717, 1.165) is 0 Å². The second-order valence-corrected chi connectivity index (χ2v) is 7.35. The predicted octanol–water partition coefficient (Wildman–Crippen LogP) is 0.439. The zero-order valence-electron chi connectivity index (χ0n) is 18.0. The fraction of sp³-hybridized carbons (Fsp3) is 0.286. The van der Waals surface area contributed by atoms with Gasteiger partial charge in [0.1, 0.15) is 11.9 Å². The van der Waals surface area contributed by atoms with Gasteiger partial charge in [-0.25, -0.2) is 14.0 Å². The number of nitrogens with one attached hydrogen (secondary N) is 1. The third kappa shape index (κ3) is 7.26. The van der Waals surface area contributed by atoms with Gasteiger partial charge in [0.25, 0.3) is 0 Å². The van der Waals surface area contributed by atoms with E-state index in [1.54, 1.807) is 41.2 Å². The molecule has 3 rings (SSSR count). The number of hydrogen-bond donors (Lipinski definition) is 5. The van der Waals surface area contributed by atoms with Crippen molar-refractivity contribution in [1.29, 1.82) is 0 Å². The number of benzene rings is 1. The van der Waals surface area contributed by atoms with Gasteiger partial charge in [-0.1, -0.05) is 0 Å². The van der Waals surface area contributed by atoms with Crippen LogP contribution in [0.25, 0.3) is 5.69 Å². The minimum Gasteiger partial charge on any atom is -0.481 e. The molecule has 1 aromatic carbocycles. The van der Waals surface area contributed by atoms with Gasteiger partial charge >= 0.3 is 24.0 Å². The van der Waals surface area contributed by atoms with Crippen LogP contribution in [0.1, 0.15) is 12.8 Å². The first-order valence-corrected chi connectivity index (χ1v) is 9.94. The number of anilines is 1. The summed E-state index contributed by atoms with van der Waals surface area (Å²) in [5.74, 6) is -5.45. The molecule has 14 heteroatoms. The molecule has 1 aliphatic rings. The summed E-state index contributed by atoms with van der Waals surface area (Å²) in [5, 5.41) is 36.3. The number of ether oxygens (including phenoxy) is 1. The number of aliphatic hydroxyl groups is 1. The number of carbonyl (C=O) groups is 5. The highest BCUT2D eigenvalue weighted by molar-refractivity contribution is 5.90. The standard InChI is InChI=1S/C15H14FN3O3.C6H8O7/c16-13-7-11(3-4-14(13)18-5-1-2-6-18)19-9-12(8-17-10-20)22-15(19)21;7-3(8)1-6(13,5(11)12)2-4(9)10/h1-7,10,12H,8-9H2,(H,17,20);13H,1-2H2,(H,7,8)(H,9,10)(H,11,12)/t12-;/m0./s1. The highest BCUT2D eigenvalue weighted by atomic mass is 19.1. The van der Waals surface area contributed by atoms with Crippen molar-refractivity contribution >= 4 is 36.1 Å². The molecule has 0 unspecified atom stereocenters. The largest absolute Gasteiger partial charge is 0.481 e.